The summed E-state index contributed by atoms with van der Waals surface area (Å²) in [6.07, 6.45) is 3.71. The molecule has 2 aliphatic heterocycles. The summed E-state index contributed by atoms with van der Waals surface area (Å²) in [7, 11) is 1.39. The minimum absolute atomic E-state index is 0.101. The van der Waals surface area contributed by atoms with Gasteiger partial charge in [0.2, 0.25) is 0 Å². The third-order valence-corrected chi connectivity index (χ3v) is 7.50. The zero-order chi connectivity index (χ0) is 26.3. The Morgan fingerprint density at radius 2 is 1.73 bits per heavy atom. The Morgan fingerprint density at radius 1 is 1.05 bits per heavy atom. The van der Waals surface area contributed by atoms with Crippen LogP contribution >= 0.6 is 23.2 Å². The molecule has 192 valence electrons. The number of aliphatic hydroxyl groups is 1. The molecule has 37 heavy (non-hydrogen) atoms. The molecule has 2 fully saturated rings. The molecule has 3 heterocycles. The molecule has 2 aromatic carbocycles. The highest BCUT2D eigenvalue weighted by molar-refractivity contribution is 6.51. The van der Waals surface area contributed by atoms with Crippen LogP contribution in [-0.4, -0.2) is 37.0 Å². The van der Waals surface area contributed by atoms with E-state index in [9.17, 15) is 14.7 Å². The standard InChI is InChI=1S/C28H26Cl2N2O5/c1-16-9-11-31(12-10-16)18-5-7-19(8-6-18)32-24(22-4-3-13-37-22)23(26(34)28(32)35)25(33)20-14-17(29)15-21(30)27(20)36-2/h3-8,13-16,24,33H,9-12H2,1-2H3/b25-23-. The number of halogens is 2. The van der Waals surface area contributed by atoms with Gasteiger partial charge in [-0.05, 0) is 67.3 Å². The number of piperidine rings is 1. The second kappa shape index (κ2) is 10.1. The first-order chi connectivity index (χ1) is 17.8. The van der Waals surface area contributed by atoms with Crippen LogP contribution in [-0.2, 0) is 9.59 Å². The Morgan fingerprint density at radius 3 is 2.35 bits per heavy atom. The largest absolute Gasteiger partial charge is 0.507 e. The lowest BCUT2D eigenvalue weighted by atomic mass is 9.98. The van der Waals surface area contributed by atoms with E-state index in [0.717, 1.165) is 31.6 Å². The molecule has 9 heteroatoms. The van der Waals surface area contributed by atoms with Gasteiger partial charge >= 0.3 is 0 Å². The Kier molecular flexibility index (Phi) is 6.92. The normalized spacial score (nSPS) is 20.1. The number of hydrogen-bond donors (Lipinski definition) is 1. The number of nitrogens with zero attached hydrogens (tertiary/aromatic N) is 2. The van der Waals surface area contributed by atoms with Crippen molar-refractivity contribution in [2.45, 2.75) is 25.8 Å². The highest BCUT2D eigenvalue weighted by Gasteiger charge is 2.48. The highest BCUT2D eigenvalue weighted by atomic mass is 35.5. The number of carbonyl (C=O) groups is 2. The molecule has 0 bridgehead atoms. The summed E-state index contributed by atoms with van der Waals surface area (Å²) in [5.41, 5.74) is 1.52. The molecule has 3 aromatic rings. The number of hydrogen-bond acceptors (Lipinski definition) is 6. The average molecular weight is 541 g/mol. The number of anilines is 2. The second-order valence-electron chi connectivity index (χ2n) is 9.34. The van der Waals surface area contributed by atoms with E-state index in [1.807, 2.05) is 24.3 Å². The fourth-order valence-electron chi connectivity index (χ4n) is 4.99. The molecule has 1 aromatic heterocycles. The van der Waals surface area contributed by atoms with Crippen molar-refractivity contribution in [1.82, 2.24) is 0 Å². The van der Waals surface area contributed by atoms with Crippen molar-refractivity contribution in [1.29, 1.82) is 0 Å². The van der Waals surface area contributed by atoms with Gasteiger partial charge in [0.1, 0.15) is 23.3 Å². The lowest BCUT2D eigenvalue weighted by Crippen LogP contribution is -2.33. The molecule has 1 unspecified atom stereocenters. The summed E-state index contributed by atoms with van der Waals surface area (Å²) in [6.45, 7) is 4.21. The van der Waals surface area contributed by atoms with Crippen LogP contribution in [0.3, 0.4) is 0 Å². The first kappa shape index (κ1) is 25.2. The molecule has 1 amide bonds. The van der Waals surface area contributed by atoms with Crippen LogP contribution in [0.5, 0.6) is 5.75 Å². The summed E-state index contributed by atoms with van der Waals surface area (Å²) in [4.78, 5) is 30.4. The number of aliphatic hydroxyl groups excluding tert-OH is 1. The molecule has 7 nitrogen and oxygen atoms in total. The zero-order valence-corrected chi connectivity index (χ0v) is 21.9. The number of carbonyl (C=O) groups excluding carboxylic acids is 2. The minimum Gasteiger partial charge on any atom is -0.507 e. The van der Waals surface area contributed by atoms with Crippen LogP contribution in [0.15, 0.2) is 64.8 Å². The van der Waals surface area contributed by atoms with Crippen LogP contribution in [0.25, 0.3) is 5.76 Å². The van der Waals surface area contributed by atoms with Gasteiger partial charge in [-0.15, -0.1) is 0 Å². The Hall–Kier alpha value is -3.42. The molecule has 1 atom stereocenters. The van der Waals surface area contributed by atoms with Gasteiger partial charge < -0.3 is 19.2 Å². The molecule has 1 N–H and O–H groups in total. The van der Waals surface area contributed by atoms with Gasteiger partial charge in [-0.2, -0.15) is 0 Å². The molecule has 0 aliphatic carbocycles. The van der Waals surface area contributed by atoms with Gasteiger partial charge in [-0.3, -0.25) is 14.5 Å². The Bertz CT molecular complexity index is 1360. The van der Waals surface area contributed by atoms with Crippen molar-refractivity contribution >= 4 is 52.0 Å². The number of ketones is 1. The van der Waals surface area contributed by atoms with E-state index in [1.165, 1.54) is 30.4 Å². The lowest BCUT2D eigenvalue weighted by molar-refractivity contribution is -0.132. The summed E-state index contributed by atoms with van der Waals surface area (Å²) in [5, 5.41) is 11.8. The topological polar surface area (TPSA) is 83.2 Å². The van der Waals surface area contributed by atoms with E-state index in [0.29, 0.717) is 17.4 Å². The molecular weight excluding hydrogens is 515 g/mol. The van der Waals surface area contributed by atoms with Crippen molar-refractivity contribution < 1.29 is 23.8 Å². The summed E-state index contributed by atoms with van der Waals surface area (Å²) in [5.74, 6) is -0.929. The van der Waals surface area contributed by atoms with Gasteiger partial charge in [0, 0.05) is 29.5 Å². The predicted molar refractivity (Wildman–Crippen MR) is 144 cm³/mol. The van der Waals surface area contributed by atoms with Crippen molar-refractivity contribution in [3.05, 3.63) is 81.7 Å². The van der Waals surface area contributed by atoms with E-state index in [-0.39, 0.29) is 26.9 Å². The number of amides is 1. The van der Waals surface area contributed by atoms with Crippen LogP contribution < -0.4 is 14.5 Å². The molecule has 2 aliphatic rings. The number of furan rings is 1. The van der Waals surface area contributed by atoms with E-state index in [1.54, 1.807) is 12.1 Å². The van der Waals surface area contributed by atoms with Gasteiger partial charge in [-0.25, -0.2) is 0 Å². The smallest absolute Gasteiger partial charge is 0.300 e. The minimum atomic E-state index is -1.00. The van der Waals surface area contributed by atoms with Gasteiger partial charge in [-0.1, -0.05) is 30.1 Å². The first-order valence-corrected chi connectivity index (χ1v) is 12.8. The van der Waals surface area contributed by atoms with Crippen molar-refractivity contribution in [3.8, 4) is 5.75 Å². The van der Waals surface area contributed by atoms with Gasteiger partial charge in [0.15, 0.2) is 0 Å². The fourth-order valence-corrected chi connectivity index (χ4v) is 5.57. The number of ether oxygens (including phenoxy) is 1. The second-order valence-corrected chi connectivity index (χ2v) is 10.2. The van der Waals surface area contributed by atoms with Gasteiger partial charge in [0.05, 0.1) is 29.5 Å². The molecule has 0 saturated carbocycles. The predicted octanol–water partition coefficient (Wildman–Crippen LogP) is 6.46. The zero-order valence-electron chi connectivity index (χ0n) is 20.4. The van der Waals surface area contributed by atoms with E-state index in [4.69, 9.17) is 32.4 Å². The number of methoxy groups -OCH3 is 1. The monoisotopic (exact) mass is 540 g/mol. The molecule has 2 saturated heterocycles. The Balaban J connectivity index is 1.59. The van der Waals surface area contributed by atoms with Crippen LogP contribution in [0, 0.1) is 5.92 Å². The fraction of sp³-hybridized carbons (Fsp3) is 0.286. The molecule has 0 spiro atoms. The average Bonchev–Trinajstić information content (AvgIpc) is 3.51. The third kappa shape index (κ3) is 4.58. The van der Waals surface area contributed by atoms with Crippen molar-refractivity contribution in [2.24, 2.45) is 5.92 Å². The van der Waals surface area contributed by atoms with Crippen LogP contribution in [0.2, 0.25) is 10.0 Å². The number of rotatable bonds is 5. The van der Waals surface area contributed by atoms with Crippen molar-refractivity contribution in [2.75, 3.05) is 30.0 Å². The van der Waals surface area contributed by atoms with Crippen LogP contribution in [0.1, 0.15) is 37.1 Å². The Labute approximate surface area is 224 Å². The lowest BCUT2D eigenvalue weighted by Gasteiger charge is -2.32. The first-order valence-electron chi connectivity index (χ1n) is 12.0. The third-order valence-electron chi connectivity index (χ3n) is 7.00. The quantitative estimate of drug-likeness (QED) is 0.227. The molecular formula is C28H26Cl2N2O5. The summed E-state index contributed by atoms with van der Waals surface area (Å²) < 4.78 is 11.0. The van der Waals surface area contributed by atoms with E-state index < -0.39 is 23.5 Å². The summed E-state index contributed by atoms with van der Waals surface area (Å²) in [6, 6.07) is 12.7. The highest BCUT2D eigenvalue weighted by Crippen LogP contribution is 2.45. The van der Waals surface area contributed by atoms with Crippen LogP contribution in [0.4, 0.5) is 11.4 Å². The maximum atomic E-state index is 13.4. The van der Waals surface area contributed by atoms with Gasteiger partial charge in [0.25, 0.3) is 11.7 Å². The number of Topliss-reactive ketones (excluding diaryl/α,β-unsaturated/α-hetero) is 1. The maximum Gasteiger partial charge on any atom is 0.300 e. The van der Waals surface area contributed by atoms with Crippen molar-refractivity contribution in [3.63, 3.8) is 0 Å². The van der Waals surface area contributed by atoms with E-state index in [2.05, 4.69) is 11.8 Å². The SMILES string of the molecule is COc1c(Cl)cc(Cl)cc1/C(O)=C1/C(=O)C(=O)N(c2ccc(N3CCC(C)CC3)cc2)C1c1ccco1. The summed E-state index contributed by atoms with van der Waals surface area (Å²) >= 11 is 12.5. The maximum absolute atomic E-state index is 13.4. The molecule has 0 radical (unpaired) electrons. The molecule has 5 rings (SSSR count). The number of benzene rings is 2. The van der Waals surface area contributed by atoms with E-state index >= 15 is 0 Å².